The van der Waals surface area contributed by atoms with Crippen LogP contribution in [-0.4, -0.2) is 5.11 Å². The summed E-state index contributed by atoms with van der Waals surface area (Å²) >= 11 is 0. The zero-order valence-electron chi connectivity index (χ0n) is 9.94. The van der Waals surface area contributed by atoms with Gasteiger partial charge in [0.1, 0.15) is 11.9 Å². The summed E-state index contributed by atoms with van der Waals surface area (Å²) in [5.41, 5.74) is 3.10. The molecule has 88 valence electrons. The number of benzene rings is 2. The van der Waals surface area contributed by atoms with Crippen molar-refractivity contribution in [2.24, 2.45) is 0 Å². The molecule has 1 N–H and O–H groups in total. The third kappa shape index (κ3) is 2.37. The lowest BCUT2D eigenvalue weighted by atomic mass is 9.95. The average Bonchev–Trinajstić information content (AvgIpc) is 2.32. The van der Waals surface area contributed by atoms with E-state index in [1.165, 1.54) is 6.07 Å². The first kappa shape index (κ1) is 11.8. The molecule has 0 unspecified atom stereocenters. The number of hydrogen-bond donors (Lipinski definition) is 1. The Kier molecular flexibility index (Phi) is 3.25. The molecule has 0 bridgehead atoms. The molecular weight excluding hydrogens is 215 g/mol. The Bertz CT molecular complexity index is 534. The van der Waals surface area contributed by atoms with Crippen LogP contribution in [0.5, 0.6) is 0 Å². The Morgan fingerprint density at radius 1 is 1.00 bits per heavy atom. The largest absolute Gasteiger partial charge is 0.384 e. The molecule has 2 rings (SSSR count). The smallest absolute Gasteiger partial charge is 0.129 e. The van der Waals surface area contributed by atoms with Gasteiger partial charge in [-0.15, -0.1) is 0 Å². The van der Waals surface area contributed by atoms with Crippen LogP contribution in [0.15, 0.2) is 42.5 Å². The van der Waals surface area contributed by atoms with Crippen LogP contribution in [0.2, 0.25) is 0 Å². The molecule has 0 saturated carbocycles. The molecule has 2 heteroatoms. The van der Waals surface area contributed by atoms with Crippen molar-refractivity contribution >= 4 is 0 Å². The van der Waals surface area contributed by atoms with E-state index in [1.807, 2.05) is 32.0 Å². The van der Waals surface area contributed by atoms with Gasteiger partial charge in [-0.1, -0.05) is 42.0 Å². The normalized spacial score (nSPS) is 12.5. The highest BCUT2D eigenvalue weighted by Crippen LogP contribution is 2.27. The quantitative estimate of drug-likeness (QED) is 0.836. The molecule has 0 radical (unpaired) electrons. The van der Waals surface area contributed by atoms with Crippen LogP contribution in [0, 0.1) is 19.7 Å². The minimum Gasteiger partial charge on any atom is -0.384 e. The second kappa shape index (κ2) is 4.68. The Balaban J connectivity index is 2.47. The van der Waals surface area contributed by atoms with Crippen LogP contribution in [0.3, 0.4) is 0 Å². The maximum absolute atomic E-state index is 13.6. The van der Waals surface area contributed by atoms with E-state index in [-0.39, 0.29) is 5.82 Å². The molecule has 0 fully saturated rings. The van der Waals surface area contributed by atoms with Gasteiger partial charge in [0.15, 0.2) is 0 Å². The molecule has 0 amide bonds. The third-order valence-corrected chi connectivity index (χ3v) is 2.93. The summed E-state index contributed by atoms with van der Waals surface area (Å²) in [6, 6.07) is 12.1. The van der Waals surface area contributed by atoms with E-state index in [0.717, 1.165) is 16.7 Å². The SMILES string of the molecule is Cc1ccc(C)c([C@@H](O)c2ccccc2F)c1. The summed E-state index contributed by atoms with van der Waals surface area (Å²) in [5, 5.41) is 10.2. The molecule has 0 aliphatic rings. The van der Waals surface area contributed by atoms with Crippen molar-refractivity contribution in [2.45, 2.75) is 20.0 Å². The van der Waals surface area contributed by atoms with Crippen molar-refractivity contribution in [3.8, 4) is 0 Å². The summed E-state index contributed by atoms with van der Waals surface area (Å²) in [5.74, 6) is -0.374. The topological polar surface area (TPSA) is 20.2 Å². The summed E-state index contributed by atoms with van der Waals surface area (Å²) in [7, 11) is 0. The van der Waals surface area contributed by atoms with Crippen molar-refractivity contribution in [1.82, 2.24) is 0 Å². The lowest BCUT2D eigenvalue weighted by Gasteiger charge is -2.15. The van der Waals surface area contributed by atoms with Gasteiger partial charge in [-0.2, -0.15) is 0 Å². The average molecular weight is 230 g/mol. The van der Waals surface area contributed by atoms with Crippen molar-refractivity contribution in [3.05, 3.63) is 70.5 Å². The van der Waals surface area contributed by atoms with E-state index in [1.54, 1.807) is 18.2 Å². The van der Waals surface area contributed by atoms with Gasteiger partial charge < -0.3 is 5.11 Å². The van der Waals surface area contributed by atoms with E-state index in [0.29, 0.717) is 5.56 Å². The van der Waals surface area contributed by atoms with E-state index in [4.69, 9.17) is 0 Å². The second-order valence-electron chi connectivity index (χ2n) is 4.28. The second-order valence-corrected chi connectivity index (χ2v) is 4.28. The predicted octanol–water partition coefficient (Wildman–Crippen LogP) is 3.52. The molecule has 0 aliphatic heterocycles. The maximum Gasteiger partial charge on any atom is 0.129 e. The van der Waals surface area contributed by atoms with Crippen molar-refractivity contribution in [3.63, 3.8) is 0 Å². The molecule has 1 nitrogen and oxygen atoms in total. The van der Waals surface area contributed by atoms with E-state index < -0.39 is 6.10 Å². The Morgan fingerprint density at radius 2 is 1.71 bits per heavy atom. The number of aliphatic hydroxyl groups is 1. The van der Waals surface area contributed by atoms with Crippen LogP contribution in [0.1, 0.15) is 28.4 Å². The maximum atomic E-state index is 13.6. The molecule has 2 aromatic rings. The number of rotatable bonds is 2. The highest BCUT2D eigenvalue weighted by Gasteiger charge is 2.16. The molecule has 2 aromatic carbocycles. The van der Waals surface area contributed by atoms with Gasteiger partial charge in [0.2, 0.25) is 0 Å². The van der Waals surface area contributed by atoms with Crippen molar-refractivity contribution in [2.75, 3.05) is 0 Å². The summed E-state index contributed by atoms with van der Waals surface area (Å²) < 4.78 is 13.6. The molecule has 1 atom stereocenters. The standard InChI is InChI=1S/C15H15FO/c1-10-7-8-11(2)13(9-10)15(17)12-5-3-4-6-14(12)16/h3-9,15,17H,1-2H3/t15-/m0/s1. The summed E-state index contributed by atoms with van der Waals surface area (Å²) in [4.78, 5) is 0. The first-order valence-electron chi connectivity index (χ1n) is 5.59. The fourth-order valence-electron chi connectivity index (χ4n) is 1.92. The molecular formula is C15H15FO. The van der Waals surface area contributed by atoms with Crippen LogP contribution >= 0.6 is 0 Å². The van der Waals surface area contributed by atoms with Crippen LogP contribution in [-0.2, 0) is 0 Å². The zero-order valence-corrected chi connectivity index (χ0v) is 9.94. The lowest BCUT2D eigenvalue weighted by molar-refractivity contribution is 0.214. The lowest BCUT2D eigenvalue weighted by Crippen LogP contribution is -2.04. The first-order valence-corrected chi connectivity index (χ1v) is 5.59. The molecule has 0 heterocycles. The predicted molar refractivity (Wildman–Crippen MR) is 66.4 cm³/mol. The van der Waals surface area contributed by atoms with Gasteiger partial charge in [-0.05, 0) is 31.0 Å². The molecule has 17 heavy (non-hydrogen) atoms. The van der Waals surface area contributed by atoms with E-state index in [2.05, 4.69) is 0 Å². The highest BCUT2D eigenvalue weighted by molar-refractivity contribution is 5.38. The number of halogens is 1. The fourth-order valence-corrected chi connectivity index (χ4v) is 1.92. The number of aliphatic hydroxyl groups excluding tert-OH is 1. The van der Waals surface area contributed by atoms with Gasteiger partial charge in [0.05, 0.1) is 0 Å². The highest BCUT2D eigenvalue weighted by atomic mass is 19.1. The van der Waals surface area contributed by atoms with Gasteiger partial charge in [-0.3, -0.25) is 0 Å². The molecule has 0 saturated heterocycles. The summed E-state index contributed by atoms with van der Waals surface area (Å²) in [6.07, 6.45) is -0.906. The number of aryl methyl sites for hydroxylation is 2. The molecule has 0 spiro atoms. The number of hydrogen-bond acceptors (Lipinski definition) is 1. The van der Waals surface area contributed by atoms with Crippen LogP contribution in [0.4, 0.5) is 4.39 Å². The first-order chi connectivity index (χ1) is 8.09. The van der Waals surface area contributed by atoms with Crippen molar-refractivity contribution in [1.29, 1.82) is 0 Å². The minimum absolute atomic E-state index is 0.321. The Labute approximate surface area is 101 Å². The minimum atomic E-state index is -0.906. The van der Waals surface area contributed by atoms with Gasteiger partial charge >= 0.3 is 0 Å². The Hall–Kier alpha value is -1.67. The zero-order chi connectivity index (χ0) is 12.4. The molecule has 0 aliphatic carbocycles. The van der Waals surface area contributed by atoms with Crippen LogP contribution < -0.4 is 0 Å². The molecule has 0 aromatic heterocycles. The van der Waals surface area contributed by atoms with Gasteiger partial charge in [0.25, 0.3) is 0 Å². The summed E-state index contributed by atoms with van der Waals surface area (Å²) in [6.45, 7) is 3.87. The fraction of sp³-hybridized carbons (Fsp3) is 0.200. The van der Waals surface area contributed by atoms with E-state index >= 15 is 0 Å². The third-order valence-electron chi connectivity index (χ3n) is 2.93. The monoisotopic (exact) mass is 230 g/mol. The van der Waals surface area contributed by atoms with E-state index in [9.17, 15) is 9.50 Å². The van der Waals surface area contributed by atoms with Crippen molar-refractivity contribution < 1.29 is 9.50 Å². The van der Waals surface area contributed by atoms with Gasteiger partial charge in [0, 0.05) is 5.56 Å². The van der Waals surface area contributed by atoms with Crippen LogP contribution in [0.25, 0.3) is 0 Å². The van der Waals surface area contributed by atoms with Gasteiger partial charge in [-0.25, -0.2) is 4.39 Å². The Morgan fingerprint density at radius 3 is 2.41 bits per heavy atom.